The number of halogens is 2. The van der Waals surface area contributed by atoms with Crippen LogP contribution in [0.25, 0.3) is 0 Å². The van der Waals surface area contributed by atoms with Crippen LogP contribution in [0.2, 0.25) is 10.0 Å². The Hall–Kier alpha value is -2.22. The van der Waals surface area contributed by atoms with E-state index in [9.17, 15) is 14.4 Å². The van der Waals surface area contributed by atoms with Crippen molar-refractivity contribution in [3.63, 3.8) is 0 Å². The minimum atomic E-state index is -0.964. The summed E-state index contributed by atoms with van der Waals surface area (Å²) in [6.07, 6.45) is 2.21. The van der Waals surface area contributed by atoms with Crippen LogP contribution in [-0.2, 0) is 4.79 Å². The zero-order valence-corrected chi connectivity index (χ0v) is 18.7. The predicted octanol–water partition coefficient (Wildman–Crippen LogP) is 4.75. The highest BCUT2D eigenvalue weighted by Gasteiger charge is 2.43. The summed E-state index contributed by atoms with van der Waals surface area (Å²) in [5, 5.41) is 3.14. The number of thioether (sulfide) groups is 1. The molecule has 30 heavy (non-hydrogen) atoms. The Morgan fingerprint density at radius 3 is 2.17 bits per heavy atom. The van der Waals surface area contributed by atoms with Gasteiger partial charge in [-0.1, -0.05) is 23.2 Å². The number of hydrogen-bond acceptors (Lipinski definition) is 5. The molecular formula is C21H20Cl2N2O4S. The summed E-state index contributed by atoms with van der Waals surface area (Å²) in [5.41, 5.74) is 0.843. The monoisotopic (exact) mass is 466 g/mol. The van der Waals surface area contributed by atoms with Crippen LogP contribution >= 0.6 is 35.0 Å². The highest BCUT2D eigenvalue weighted by molar-refractivity contribution is 7.98. The minimum absolute atomic E-state index is 0.150. The molecule has 0 fully saturated rings. The molecule has 2 aromatic carbocycles. The number of carbonyl (C=O) groups excluding carboxylic acids is 3. The molecule has 0 saturated heterocycles. The largest absolute Gasteiger partial charge is 0.494 e. The first-order valence-corrected chi connectivity index (χ1v) is 11.4. The van der Waals surface area contributed by atoms with Gasteiger partial charge >= 0.3 is 0 Å². The summed E-state index contributed by atoms with van der Waals surface area (Å²) in [4.78, 5) is 39.9. The molecule has 0 spiro atoms. The summed E-state index contributed by atoms with van der Waals surface area (Å²) in [5.74, 6) is -0.275. The molecular weight excluding hydrogens is 447 g/mol. The van der Waals surface area contributed by atoms with Gasteiger partial charge in [-0.15, -0.1) is 0 Å². The molecule has 0 bridgehead atoms. The van der Waals surface area contributed by atoms with Crippen LogP contribution < -0.4 is 10.1 Å². The normalized spacial score (nSPS) is 13.9. The average Bonchev–Trinajstić information content (AvgIpc) is 2.95. The Kier molecular flexibility index (Phi) is 7.28. The summed E-state index contributed by atoms with van der Waals surface area (Å²) >= 11 is 13.6. The van der Waals surface area contributed by atoms with E-state index in [0.717, 1.165) is 4.90 Å². The van der Waals surface area contributed by atoms with Crippen molar-refractivity contribution >= 4 is 58.4 Å². The first-order chi connectivity index (χ1) is 14.4. The van der Waals surface area contributed by atoms with E-state index in [4.69, 9.17) is 27.9 Å². The number of fused-ring (bicyclic) bond motifs is 1. The quantitative estimate of drug-likeness (QED) is 0.568. The number of nitrogens with zero attached hydrogens (tertiary/aromatic N) is 1. The Morgan fingerprint density at radius 1 is 1.10 bits per heavy atom. The van der Waals surface area contributed by atoms with E-state index >= 15 is 0 Å². The van der Waals surface area contributed by atoms with E-state index in [1.54, 1.807) is 24.3 Å². The first kappa shape index (κ1) is 22.5. The number of amides is 3. The van der Waals surface area contributed by atoms with Crippen molar-refractivity contribution in [2.45, 2.75) is 19.4 Å². The molecule has 0 unspecified atom stereocenters. The smallest absolute Gasteiger partial charge is 0.262 e. The predicted molar refractivity (Wildman–Crippen MR) is 120 cm³/mol. The standard InChI is InChI=1S/C21H20Cl2N2O4S/c1-3-29-13-6-4-12(5-7-13)24-19(26)18(8-9-30-2)25-20(27)14-10-16(22)17(23)11-15(14)21(25)28/h4-7,10-11,18H,3,8-9H2,1-2H3,(H,24,26)/t18-/m1/s1. The van der Waals surface area contributed by atoms with Crippen LogP contribution in [0.15, 0.2) is 36.4 Å². The number of ether oxygens (including phenoxy) is 1. The molecule has 158 valence electrons. The molecule has 3 amide bonds. The number of rotatable bonds is 8. The number of hydrogen-bond donors (Lipinski definition) is 1. The number of imide groups is 1. The molecule has 6 nitrogen and oxygen atoms in total. The van der Waals surface area contributed by atoms with Gasteiger partial charge in [0.05, 0.1) is 27.8 Å². The SMILES string of the molecule is CCOc1ccc(NC(=O)[C@@H](CCSC)N2C(=O)c3cc(Cl)c(Cl)cc3C2=O)cc1. The topological polar surface area (TPSA) is 75.7 Å². The van der Waals surface area contributed by atoms with Gasteiger partial charge in [0, 0.05) is 5.69 Å². The number of nitrogens with one attached hydrogen (secondary N) is 1. The van der Waals surface area contributed by atoms with Gasteiger partial charge < -0.3 is 10.1 Å². The Morgan fingerprint density at radius 2 is 1.67 bits per heavy atom. The Labute approximate surface area is 188 Å². The second-order valence-electron chi connectivity index (χ2n) is 6.54. The molecule has 1 aliphatic heterocycles. The number of carbonyl (C=O) groups is 3. The van der Waals surface area contributed by atoms with E-state index in [2.05, 4.69) is 5.32 Å². The molecule has 0 aromatic heterocycles. The molecule has 2 aromatic rings. The van der Waals surface area contributed by atoms with Gasteiger partial charge in [-0.3, -0.25) is 19.3 Å². The average molecular weight is 467 g/mol. The summed E-state index contributed by atoms with van der Waals surface area (Å²) < 4.78 is 5.40. The van der Waals surface area contributed by atoms with Gasteiger partial charge in [0.25, 0.3) is 11.8 Å². The van der Waals surface area contributed by atoms with Gasteiger partial charge in [-0.25, -0.2) is 0 Å². The van der Waals surface area contributed by atoms with Gasteiger partial charge in [0.2, 0.25) is 5.91 Å². The third-order valence-electron chi connectivity index (χ3n) is 4.60. The van der Waals surface area contributed by atoms with Crippen LogP contribution in [0.4, 0.5) is 5.69 Å². The highest BCUT2D eigenvalue weighted by atomic mass is 35.5. The van der Waals surface area contributed by atoms with Gasteiger partial charge in [0.15, 0.2) is 0 Å². The Balaban J connectivity index is 1.85. The molecule has 0 saturated carbocycles. The summed E-state index contributed by atoms with van der Waals surface area (Å²) in [6, 6.07) is 8.66. The van der Waals surface area contributed by atoms with E-state index in [-0.39, 0.29) is 21.2 Å². The fraction of sp³-hybridized carbons (Fsp3) is 0.286. The highest BCUT2D eigenvalue weighted by Crippen LogP contribution is 2.33. The van der Waals surface area contributed by atoms with Crippen molar-refractivity contribution in [3.05, 3.63) is 57.6 Å². The molecule has 1 aliphatic rings. The van der Waals surface area contributed by atoms with Crippen molar-refractivity contribution in [2.75, 3.05) is 23.9 Å². The van der Waals surface area contributed by atoms with Gasteiger partial charge in [-0.2, -0.15) is 11.8 Å². The first-order valence-electron chi connectivity index (χ1n) is 9.27. The zero-order valence-electron chi connectivity index (χ0n) is 16.4. The molecule has 1 heterocycles. The fourth-order valence-corrected chi connectivity index (χ4v) is 3.96. The number of benzene rings is 2. The van der Waals surface area contributed by atoms with Crippen LogP contribution in [-0.4, -0.2) is 47.3 Å². The molecule has 0 radical (unpaired) electrons. The van der Waals surface area contributed by atoms with Crippen LogP contribution in [0.5, 0.6) is 5.75 Å². The summed E-state index contributed by atoms with van der Waals surface area (Å²) in [7, 11) is 0. The van der Waals surface area contributed by atoms with Gasteiger partial charge in [0.1, 0.15) is 11.8 Å². The fourth-order valence-electron chi connectivity index (χ4n) is 3.17. The van der Waals surface area contributed by atoms with Crippen LogP contribution in [0.1, 0.15) is 34.1 Å². The molecule has 1 atom stereocenters. The third kappa shape index (κ3) is 4.58. The van der Waals surface area contributed by atoms with Crippen molar-refractivity contribution < 1.29 is 19.1 Å². The maximum absolute atomic E-state index is 13.0. The van der Waals surface area contributed by atoms with Gasteiger partial charge in [-0.05, 0) is 61.8 Å². The lowest BCUT2D eigenvalue weighted by Crippen LogP contribution is -2.47. The van der Waals surface area contributed by atoms with Crippen molar-refractivity contribution in [2.24, 2.45) is 0 Å². The van der Waals surface area contributed by atoms with Crippen molar-refractivity contribution in [1.82, 2.24) is 4.90 Å². The molecule has 9 heteroatoms. The molecule has 0 aliphatic carbocycles. The minimum Gasteiger partial charge on any atom is -0.494 e. The van der Waals surface area contributed by atoms with E-state index in [1.807, 2.05) is 13.2 Å². The summed E-state index contributed by atoms with van der Waals surface area (Å²) in [6.45, 7) is 2.42. The molecule has 3 rings (SSSR count). The van der Waals surface area contributed by atoms with Crippen molar-refractivity contribution in [3.8, 4) is 5.75 Å². The maximum atomic E-state index is 13.0. The second-order valence-corrected chi connectivity index (χ2v) is 8.34. The lowest BCUT2D eigenvalue weighted by atomic mass is 10.1. The van der Waals surface area contributed by atoms with E-state index in [1.165, 1.54) is 23.9 Å². The molecule has 1 N–H and O–H groups in total. The zero-order chi connectivity index (χ0) is 21.8. The number of anilines is 1. The van der Waals surface area contributed by atoms with Crippen LogP contribution in [0, 0.1) is 0 Å². The lowest BCUT2D eigenvalue weighted by Gasteiger charge is -2.25. The van der Waals surface area contributed by atoms with E-state index < -0.39 is 23.8 Å². The second kappa shape index (κ2) is 9.73. The van der Waals surface area contributed by atoms with E-state index in [0.29, 0.717) is 30.2 Å². The lowest BCUT2D eigenvalue weighted by molar-refractivity contribution is -0.120. The maximum Gasteiger partial charge on any atom is 0.262 e. The Bertz CT molecular complexity index is 941. The third-order valence-corrected chi connectivity index (χ3v) is 5.97. The van der Waals surface area contributed by atoms with Crippen molar-refractivity contribution in [1.29, 1.82) is 0 Å². The van der Waals surface area contributed by atoms with Crippen LogP contribution in [0.3, 0.4) is 0 Å².